The average Bonchev–Trinajstić information content (AvgIpc) is 2.34. The van der Waals surface area contributed by atoms with E-state index in [4.69, 9.17) is 11.6 Å². The van der Waals surface area contributed by atoms with E-state index in [0.717, 1.165) is 26.6 Å². The first-order valence-corrected chi connectivity index (χ1v) is 8.85. The molecule has 0 amide bonds. The van der Waals surface area contributed by atoms with E-state index in [2.05, 4.69) is 15.9 Å². The zero-order valence-electron chi connectivity index (χ0n) is 9.23. The fraction of sp³-hybridized carbons (Fsp3) is 0.500. The molecule has 0 spiro atoms. The van der Waals surface area contributed by atoms with Crippen molar-refractivity contribution < 1.29 is 5.11 Å². The SMILES string of the molecule is OC(Cc1ccc(Br)cc1Cl)C1CSCCS1. The van der Waals surface area contributed by atoms with Crippen LogP contribution in [0.25, 0.3) is 0 Å². The molecular formula is C12H14BrClOS2. The highest BCUT2D eigenvalue weighted by molar-refractivity contribution is 9.10. The van der Waals surface area contributed by atoms with E-state index in [1.807, 2.05) is 41.7 Å². The van der Waals surface area contributed by atoms with Crippen molar-refractivity contribution in [3.05, 3.63) is 33.3 Å². The second-order valence-corrected chi connectivity index (χ2v) is 7.81. The van der Waals surface area contributed by atoms with Gasteiger partial charge in [0.15, 0.2) is 0 Å². The Morgan fingerprint density at radius 2 is 2.29 bits per heavy atom. The largest absolute Gasteiger partial charge is 0.392 e. The fourth-order valence-electron chi connectivity index (χ4n) is 1.77. The van der Waals surface area contributed by atoms with Crippen LogP contribution in [-0.2, 0) is 6.42 Å². The van der Waals surface area contributed by atoms with Crippen LogP contribution in [0, 0.1) is 0 Å². The maximum atomic E-state index is 10.2. The van der Waals surface area contributed by atoms with E-state index in [1.165, 1.54) is 5.75 Å². The summed E-state index contributed by atoms with van der Waals surface area (Å²) in [5.74, 6) is 3.38. The molecule has 2 unspecified atom stereocenters. The Hall–Kier alpha value is 0.650. The molecule has 5 heteroatoms. The number of thioether (sulfide) groups is 2. The van der Waals surface area contributed by atoms with Gasteiger partial charge < -0.3 is 5.11 Å². The molecule has 0 aliphatic carbocycles. The number of hydrogen-bond donors (Lipinski definition) is 1. The molecule has 1 aromatic rings. The van der Waals surface area contributed by atoms with Crippen molar-refractivity contribution >= 4 is 51.1 Å². The van der Waals surface area contributed by atoms with Crippen LogP contribution in [0.5, 0.6) is 0 Å². The lowest BCUT2D eigenvalue weighted by Crippen LogP contribution is -2.30. The van der Waals surface area contributed by atoms with Gasteiger partial charge in [0.2, 0.25) is 0 Å². The third-order valence-electron chi connectivity index (χ3n) is 2.72. The first-order valence-electron chi connectivity index (χ1n) is 5.48. The van der Waals surface area contributed by atoms with Crippen molar-refractivity contribution in [1.29, 1.82) is 0 Å². The highest BCUT2D eigenvalue weighted by Crippen LogP contribution is 2.29. The summed E-state index contributed by atoms with van der Waals surface area (Å²) in [6.45, 7) is 0. The molecule has 94 valence electrons. The lowest BCUT2D eigenvalue weighted by Gasteiger charge is -2.26. The predicted octanol–water partition coefficient (Wildman–Crippen LogP) is 3.85. The summed E-state index contributed by atoms with van der Waals surface area (Å²) in [7, 11) is 0. The van der Waals surface area contributed by atoms with Crippen molar-refractivity contribution in [3.63, 3.8) is 0 Å². The van der Waals surface area contributed by atoms with Crippen molar-refractivity contribution in [1.82, 2.24) is 0 Å². The Labute approximate surface area is 124 Å². The highest BCUT2D eigenvalue weighted by Gasteiger charge is 2.23. The van der Waals surface area contributed by atoms with Gasteiger partial charge >= 0.3 is 0 Å². The van der Waals surface area contributed by atoms with Crippen molar-refractivity contribution in [2.24, 2.45) is 0 Å². The van der Waals surface area contributed by atoms with Gasteiger partial charge in [-0.05, 0) is 17.7 Å². The van der Waals surface area contributed by atoms with Gasteiger partial charge in [0, 0.05) is 38.4 Å². The van der Waals surface area contributed by atoms with Crippen LogP contribution in [0.3, 0.4) is 0 Å². The zero-order chi connectivity index (χ0) is 12.3. The number of benzene rings is 1. The van der Waals surface area contributed by atoms with Crippen LogP contribution in [0.4, 0.5) is 0 Å². The second-order valence-electron chi connectivity index (χ2n) is 3.99. The molecule has 0 aromatic heterocycles. The van der Waals surface area contributed by atoms with Gasteiger partial charge in [-0.1, -0.05) is 33.6 Å². The maximum Gasteiger partial charge on any atom is 0.0707 e. The van der Waals surface area contributed by atoms with Crippen LogP contribution in [0.2, 0.25) is 5.02 Å². The highest BCUT2D eigenvalue weighted by atomic mass is 79.9. The lowest BCUT2D eigenvalue weighted by molar-refractivity contribution is 0.177. The number of aliphatic hydroxyl groups excluding tert-OH is 1. The molecule has 1 heterocycles. The molecule has 2 atom stereocenters. The van der Waals surface area contributed by atoms with Crippen LogP contribution in [0.1, 0.15) is 5.56 Å². The average molecular weight is 354 g/mol. The summed E-state index contributed by atoms with van der Waals surface area (Å²) in [6, 6.07) is 5.83. The fourth-order valence-corrected chi connectivity index (χ4v) is 5.29. The number of halogens is 2. The number of rotatable bonds is 3. The molecule has 1 fully saturated rings. The van der Waals surface area contributed by atoms with Gasteiger partial charge in [0.1, 0.15) is 0 Å². The molecule has 1 N–H and O–H groups in total. The van der Waals surface area contributed by atoms with E-state index in [1.54, 1.807) is 0 Å². The molecule has 1 aliphatic rings. The summed E-state index contributed by atoms with van der Waals surface area (Å²) in [5.41, 5.74) is 1.03. The van der Waals surface area contributed by atoms with Gasteiger partial charge in [-0.2, -0.15) is 23.5 Å². The molecule has 0 radical (unpaired) electrons. The summed E-state index contributed by atoms with van der Waals surface area (Å²) < 4.78 is 0.975. The van der Waals surface area contributed by atoms with E-state index in [-0.39, 0.29) is 6.10 Å². The van der Waals surface area contributed by atoms with Gasteiger partial charge in [0.25, 0.3) is 0 Å². The van der Waals surface area contributed by atoms with Crippen LogP contribution in [-0.4, -0.2) is 33.7 Å². The zero-order valence-corrected chi connectivity index (χ0v) is 13.2. The van der Waals surface area contributed by atoms with E-state index >= 15 is 0 Å². The molecule has 1 saturated heterocycles. The van der Waals surface area contributed by atoms with E-state index in [9.17, 15) is 5.11 Å². The summed E-state index contributed by atoms with van der Waals surface area (Å²) in [5, 5.41) is 11.3. The molecule has 1 aliphatic heterocycles. The van der Waals surface area contributed by atoms with Gasteiger partial charge in [-0.25, -0.2) is 0 Å². The second kappa shape index (κ2) is 6.71. The van der Waals surface area contributed by atoms with Gasteiger partial charge in [0.05, 0.1) is 6.10 Å². The van der Waals surface area contributed by atoms with E-state index in [0.29, 0.717) is 11.7 Å². The van der Waals surface area contributed by atoms with Crippen LogP contribution < -0.4 is 0 Å². The van der Waals surface area contributed by atoms with Crippen molar-refractivity contribution in [2.45, 2.75) is 17.8 Å². The minimum absolute atomic E-state index is 0.300. The molecule has 0 saturated carbocycles. The van der Waals surface area contributed by atoms with E-state index < -0.39 is 0 Å². The minimum atomic E-state index is -0.300. The van der Waals surface area contributed by atoms with Gasteiger partial charge in [-0.15, -0.1) is 0 Å². The lowest BCUT2D eigenvalue weighted by atomic mass is 10.1. The molecule has 0 bridgehead atoms. The van der Waals surface area contributed by atoms with Gasteiger partial charge in [-0.3, -0.25) is 0 Å². The third-order valence-corrected chi connectivity index (χ3v) is 6.47. The normalized spacial score (nSPS) is 22.4. The molecular weight excluding hydrogens is 340 g/mol. The Morgan fingerprint density at radius 1 is 1.47 bits per heavy atom. The topological polar surface area (TPSA) is 20.2 Å². The quantitative estimate of drug-likeness (QED) is 0.891. The van der Waals surface area contributed by atoms with Crippen LogP contribution in [0.15, 0.2) is 22.7 Å². The summed E-state index contributed by atoms with van der Waals surface area (Å²) in [4.78, 5) is 0. The molecule has 17 heavy (non-hydrogen) atoms. The Kier molecular flexibility index (Phi) is 5.55. The number of aliphatic hydroxyl groups is 1. The summed E-state index contributed by atoms with van der Waals surface area (Å²) >= 11 is 13.3. The maximum absolute atomic E-state index is 10.2. The first-order chi connectivity index (χ1) is 8.16. The molecule has 2 rings (SSSR count). The Morgan fingerprint density at radius 3 is 2.94 bits per heavy atom. The first kappa shape index (κ1) is 14.1. The monoisotopic (exact) mass is 352 g/mol. The smallest absolute Gasteiger partial charge is 0.0707 e. The van der Waals surface area contributed by atoms with Crippen LogP contribution >= 0.6 is 51.1 Å². The Balaban J connectivity index is 1.99. The Bertz CT molecular complexity index is 383. The third kappa shape index (κ3) is 4.06. The predicted molar refractivity (Wildman–Crippen MR) is 82.4 cm³/mol. The minimum Gasteiger partial charge on any atom is -0.392 e. The number of hydrogen-bond acceptors (Lipinski definition) is 3. The standard InChI is InChI=1S/C12H14BrClOS2/c13-9-2-1-8(10(14)6-9)5-11(15)12-7-16-3-4-17-12/h1-2,6,11-12,15H,3-5,7H2. The molecule has 1 nitrogen and oxygen atoms in total. The molecule has 1 aromatic carbocycles. The van der Waals surface area contributed by atoms with Crippen molar-refractivity contribution in [2.75, 3.05) is 17.3 Å². The van der Waals surface area contributed by atoms with Crippen molar-refractivity contribution in [3.8, 4) is 0 Å². The summed E-state index contributed by atoms with van der Waals surface area (Å²) in [6.07, 6.45) is 0.344.